The highest BCUT2D eigenvalue weighted by atomic mass is 35.5. The van der Waals surface area contributed by atoms with E-state index >= 15 is 0 Å². The van der Waals surface area contributed by atoms with Gasteiger partial charge in [-0.2, -0.15) is 0 Å². The predicted molar refractivity (Wildman–Crippen MR) is 88.4 cm³/mol. The summed E-state index contributed by atoms with van der Waals surface area (Å²) in [6.07, 6.45) is 3.83. The van der Waals surface area contributed by atoms with Gasteiger partial charge in [0.1, 0.15) is 0 Å². The molecule has 2 nitrogen and oxygen atoms in total. The van der Waals surface area contributed by atoms with Crippen molar-refractivity contribution in [3.05, 3.63) is 77.1 Å². The van der Waals surface area contributed by atoms with Gasteiger partial charge in [0.15, 0.2) is 0 Å². The van der Waals surface area contributed by atoms with Crippen molar-refractivity contribution in [2.24, 2.45) is 0 Å². The molecule has 2 aromatic carbocycles. The Morgan fingerprint density at radius 2 is 1.95 bits per heavy atom. The summed E-state index contributed by atoms with van der Waals surface area (Å²) in [5.74, 6) is 0. The van der Waals surface area contributed by atoms with Crippen LogP contribution in [0.3, 0.4) is 0 Å². The van der Waals surface area contributed by atoms with Crippen LogP contribution in [0.15, 0.2) is 60.9 Å². The van der Waals surface area contributed by atoms with Crippen molar-refractivity contribution in [2.75, 3.05) is 0 Å². The quantitative estimate of drug-likeness (QED) is 0.752. The minimum absolute atomic E-state index is 0.239. The van der Waals surface area contributed by atoms with Gasteiger partial charge in [-0.25, -0.2) is 0 Å². The van der Waals surface area contributed by atoms with Crippen LogP contribution in [-0.2, 0) is 6.54 Å². The number of aromatic nitrogens is 1. The van der Waals surface area contributed by atoms with Crippen molar-refractivity contribution in [2.45, 2.75) is 19.5 Å². The molecule has 1 N–H and O–H groups in total. The fraction of sp³-hybridized carbons (Fsp3) is 0.167. The summed E-state index contributed by atoms with van der Waals surface area (Å²) < 4.78 is 0. The molecule has 0 unspecified atom stereocenters. The van der Waals surface area contributed by atoms with Crippen LogP contribution >= 0.6 is 11.6 Å². The van der Waals surface area contributed by atoms with E-state index in [0.29, 0.717) is 0 Å². The molecule has 3 aromatic rings. The first kappa shape index (κ1) is 14.1. The molecule has 0 aliphatic rings. The minimum atomic E-state index is 0.239. The Labute approximate surface area is 129 Å². The molecule has 0 aliphatic heterocycles. The maximum absolute atomic E-state index is 6.05. The molecule has 0 saturated carbocycles. The number of hydrogen-bond donors (Lipinski definition) is 1. The molecule has 0 bridgehead atoms. The zero-order chi connectivity index (χ0) is 14.7. The van der Waals surface area contributed by atoms with E-state index in [-0.39, 0.29) is 6.04 Å². The van der Waals surface area contributed by atoms with Crippen molar-refractivity contribution in [3.63, 3.8) is 0 Å². The van der Waals surface area contributed by atoms with Gasteiger partial charge in [-0.1, -0.05) is 48.0 Å². The van der Waals surface area contributed by atoms with Crippen LogP contribution in [0.25, 0.3) is 10.8 Å². The summed E-state index contributed by atoms with van der Waals surface area (Å²) in [6, 6.07) is 16.5. The Morgan fingerprint density at radius 3 is 2.81 bits per heavy atom. The Kier molecular flexibility index (Phi) is 4.18. The molecule has 21 heavy (non-hydrogen) atoms. The van der Waals surface area contributed by atoms with Crippen molar-refractivity contribution in [1.29, 1.82) is 0 Å². The van der Waals surface area contributed by atoms with Crippen molar-refractivity contribution >= 4 is 22.4 Å². The highest BCUT2D eigenvalue weighted by Gasteiger charge is 2.07. The standard InChI is InChI=1S/C18H17ClN2/c1-13(14-6-4-7-17(19)9-14)21-12-16-11-20-10-15-5-2-3-8-18(15)16/h2-11,13,21H,12H2,1H3/t13-/m1/s1. The molecule has 1 aromatic heterocycles. The van der Waals surface area contributed by atoms with Crippen molar-refractivity contribution in [1.82, 2.24) is 10.3 Å². The van der Waals surface area contributed by atoms with Crippen LogP contribution in [0, 0.1) is 0 Å². The van der Waals surface area contributed by atoms with Gasteiger partial charge in [-0.3, -0.25) is 4.98 Å². The number of nitrogens with one attached hydrogen (secondary N) is 1. The summed E-state index contributed by atoms with van der Waals surface area (Å²) in [7, 11) is 0. The second-order valence-electron chi connectivity index (χ2n) is 5.18. The van der Waals surface area contributed by atoms with Gasteiger partial charge in [0.25, 0.3) is 0 Å². The summed E-state index contributed by atoms with van der Waals surface area (Å²) in [6.45, 7) is 2.92. The molecule has 0 saturated heterocycles. The maximum Gasteiger partial charge on any atom is 0.0409 e. The first-order valence-electron chi connectivity index (χ1n) is 7.04. The van der Waals surface area contributed by atoms with Gasteiger partial charge in [0.2, 0.25) is 0 Å². The van der Waals surface area contributed by atoms with E-state index in [1.807, 2.05) is 36.7 Å². The zero-order valence-corrected chi connectivity index (χ0v) is 12.6. The molecule has 1 heterocycles. The number of rotatable bonds is 4. The van der Waals surface area contributed by atoms with Gasteiger partial charge in [-0.05, 0) is 35.6 Å². The van der Waals surface area contributed by atoms with Gasteiger partial charge in [-0.15, -0.1) is 0 Å². The highest BCUT2D eigenvalue weighted by Crippen LogP contribution is 2.20. The maximum atomic E-state index is 6.05. The summed E-state index contributed by atoms with van der Waals surface area (Å²) in [5.41, 5.74) is 2.40. The van der Waals surface area contributed by atoms with Crippen LogP contribution in [0.5, 0.6) is 0 Å². The third kappa shape index (κ3) is 3.23. The first-order valence-corrected chi connectivity index (χ1v) is 7.42. The van der Waals surface area contributed by atoms with E-state index in [0.717, 1.165) is 11.6 Å². The average molecular weight is 297 g/mol. The van der Waals surface area contributed by atoms with E-state index < -0.39 is 0 Å². The zero-order valence-electron chi connectivity index (χ0n) is 11.9. The molecule has 0 aliphatic carbocycles. The molecule has 0 spiro atoms. The summed E-state index contributed by atoms with van der Waals surface area (Å²) in [5, 5.41) is 6.73. The molecule has 106 valence electrons. The van der Waals surface area contributed by atoms with Gasteiger partial charge in [0, 0.05) is 35.4 Å². The second-order valence-corrected chi connectivity index (χ2v) is 5.61. The second kappa shape index (κ2) is 6.25. The molecule has 3 rings (SSSR count). The van der Waals surface area contributed by atoms with E-state index in [1.54, 1.807) is 0 Å². The first-order chi connectivity index (χ1) is 10.2. The number of hydrogen-bond acceptors (Lipinski definition) is 2. The largest absolute Gasteiger partial charge is 0.306 e. The smallest absolute Gasteiger partial charge is 0.0409 e. The van der Waals surface area contributed by atoms with Crippen LogP contribution in [0.4, 0.5) is 0 Å². The predicted octanol–water partition coefficient (Wildman–Crippen LogP) is 4.74. The number of fused-ring (bicyclic) bond motifs is 1. The normalized spacial score (nSPS) is 12.5. The lowest BCUT2D eigenvalue weighted by Crippen LogP contribution is -2.18. The molecular weight excluding hydrogens is 280 g/mol. The van der Waals surface area contributed by atoms with Crippen molar-refractivity contribution < 1.29 is 0 Å². The molecule has 0 amide bonds. The summed E-state index contributed by atoms with van der Waals surface area (Å²) >= 11 is 6.05. The number of halogens is 1. The third-order valence-electron chi connectivity index (χ3n) is 3.70. The lowest BCUT2D eigenvalue weighted by Gasteiger charge is -2.15. The lowest BCUT2D eigenvalue weighted by molar-refractivity contribution is 0.576. The molecular formula is C18H17ClN2. The Balaban J connectivity index is 1.77. The average Bonchev–Trinajstić information content (AvgIpc) is 2.52. The van der Waals surface area contributed by atoms with Crippen LogP contribution < -0.4 is 5.32 Å². The topological polar surface area (TPSA) is 24.9 Å². The SMILES string of the molecule is C[C@@H](NCc1cncc2ccccc12)c1cccc(Cl)c1. The third-order valence-corrected chi connectivity index (χ3v) is 3.93. The van der Waals surface area contributed by atoms with E-state index in [9.17, 15) is 0 Å². The monoisotopic (exact) mass is 296 g/mol. The van der Waals surface area contributed by atoms with Gasteiger partial charge < -0.3 is 5.32 Å². The number of benzene rings is 2. The number of nitrogens with zero attached hydrogens (tertiary/aromatic N) is 1. The van der Waals surface area contributed by atoms with Crippen molar-refractivity contribution in [3.8, 4) is 0 Å². The van der Waals surface area contributed by atoms with E-state index in [2.05, 4.69) is 41.5 Å². The molecule has 0 fully saturated rings. The molecule has 3 heteroatoms. The highest BCUT2D eigenvalue weighted by molar-refractivity contribution is 6.30. The Morgan fingerprint density at radius 1 is 1.10 bits per heavy atom. The van der Waals surface area contributed by atoms with Crippen LogP contribution in [0.1, 0.15) is 24.1 Å². The van der Waals surface area contributed by atoms with Gasteiger partial charge in [0.05, 0.1) is 0 Å². The van der Waals surface area contributed by atoms with Gasteiger partial charge >= 0.3 is 0 Å². The Hall–Kier alpha value is -1.90. The Bertz CT molecular complexity index is 750. The molecule has 0 radical (unpaired) electrons. The lowest BCUT2D eigenvalue weighted by atomic mass is 10.1. The number of pyridine rings is 1. The minimum Gasteiger partial charge on any atom is -0.306 e. The van der Waals surface area contributed by atoms with E-state index in [1.165, 1.54) is 21.9 Å². The van der Waals surface area contributed by atoms with E-state index in [4.69, 9.17) is 11.6 Å². The molecule has 1 atom stereocenters. The van der Waals surface area contributed by atoms with Crippen LogP contribution in [-0.4, -0.2) is 4.98 Å². The fourth-order valence-electron chi connectivity index (χ4n) is 2.48. The van der Waals surface area contributed by atoms with Crippen LogP contribution in [0.2, 0.25) is 5.02 Å². The fourth-order valence-corrected chi connectivity index (χ4v) is 2.68. The summed E-state index contributed by atoms with van der Waals surface area (Å²) in [4.78, 5) is 4.32.